The summed E-state index contributed by atoms with van der Waals surface area (Å²) in [6.07, 6.45) is -0.498. The Hall–Kier alpha value is -2.00. The van der Waals surface area contributed by atoms with Gasteiger partial charge in [-0.2, -0.15) is 10.5 Å². The van der Waals surface area contributed by atoms with Crippen molar-refractivity contribution >= 4 is 0 Å². The molecule has 3 nitrogen and oxygen atoms in total. The van der Waals surface area contributed by atoms with E-state index in [2.05, 4.69) is 0 Å². The molecule has 0 spiro atoms. The molecule has 1 aromatic rings. The van der Waals surface area contributed by atoms with E-state index >= 15 is 0 Å². The monoisotopic (exact) mass is 186 g/mol. The fourth-order valence-electron chi connectivity index (χ4n) is 1.01. The third-order valence-electron chi connectivity index (χ3n) is 1.80. The van der Waals surface area contributed by atoms with Crippen molar-refractivity contribution in [3.63, 3.8) is 0 Å². The molecule has 0 heterocycles. The van der Waals surface area contributed by atoms with Gasteiger partial charge in [0.15, 0.2) is 6.10 Å². The minimum Gasteiger partial charge on any atom is -0.476 e. The zero-order valence-electron chi connectivity index (χ0n) is 8.11. The molecule has 1 atom stereocenters. The van der Waals surface area contributed by atoms with Crippen LogP contribution in [0.15, 0.2) is 18.2 Å². The summed E-state index contributed by atoms with van der Waals surface area (Å²) in [5.74, 6) is 0.595. The van der Waals surface area contributed by atoms with Crippen molar-refractivity contribution in [2.45, 2.75) is 20.0 Å². The average molecular weight is 186 g/mol. The molecule has 0 N–H and O–H groups in total. The molecule has 0 aliphatic carbocycles. The summed E-state index contributed by atoms with van der Waals surface area (Å²) in [5, 5.41) is 17.2. The normalized spacial score (nSPS) is 11.1. The van der Waals surface area contributed by atoms with Crippen molar-refractivity contribution in [2.24, 2.45) is 0 Å². The fraction of sp³-hybridized carbons (Fsp3) is 0.273. The van der Waals surface area contributed by atoms with Gasteiger partial charge in [0.1, 0.15) is 11.8 Å². The lowest BCUT2D eigenvalue weighted by Crippen LogP contribution is -2.09. The Bertz CT molecular complexity index is 412. The molecule has 0 bridgehead atoms. The van der Waals surface area contributed by atoms with Crippen molar-refractivity contribution in [3.05, 3.63) is 29.3 Å². The molecule has 70 valence electrons. The summed E-state index contributed by atoms with van der Waals surface area (Å²) >= 11 is 0. The molecule has 0 amide bonds. The maximum atomic E-state index is 8.67. The topological polar surface area (TPSA) is 56.8 Å². The highest BCUT2D eigenvalue weighted by Gasteiger charge is 2.05. The number of rotatable bonds is 2. The minimum absolute atomic E-state index is 0.498. The Morgan fingerprint density at radius 2 is 2.07 bits per heavy atom. The van der Waals surface area contributed by atoms with E-state index in [9.17, 15) is 0 Å². The van der Waals surface area contributed by atoms with E-state index in [1.807, 2.05) is 19.1 Å². The number of aryl methyl sites for hydroxylation is 1. The van der Waals surface area contributed by atoms with Gasteiger partial charge in [-0.3, -0.25) is 0 Å². The summed E-state index contributed by atoms with van der Waals surface area (Å²) in [6.45, 7) is 3.54. The molecule has 3 heteroatoms. The Morgan fingerprint density at radius 3 is 2.64 bits per heavy atom. The Morgan fingerprint density at radius 1 is 1.36 bits per heavy atom. The van der Waals surface area contributed by atoms with Crippen LogP contribution in [0.4, 0.5) is 0 Å². The van der Waals surface area contributed by atoms with Gasteiger partial charge >= 0.3 is 0 Å². The number of hydrogen-bond donors (Lipinski definition) is 0. The number of benzene rings is 1. The fourth-order valence-corrected chi connectivity index (χ4v) is 1.01. The maximum absolute atomic E-state index is 8.67. The molecule has 0 aromatic heterocycles. The van der Waals surface area contributed by atoms with E-state index in [1.165, 1.54) is 0 Å². The molecule has 0 radical (unpaired) electrons. The summed E-state index contributed by atoms with van der Waals surface area (Å²) in [7, 11) is 0. The third-order valence-corrected chi connectivity index (χ3v) is 1.80. The third kappa shape index (κ3) is 2.24. The first-order valence-electron chi connectivity index (χ1n) is 4.24. The first-order valence-corrected chi connectivity index (χ1v) is 4.24. The van der Waals surface area contributed by atoms with Gasteiger partial charge in [-0.1, -0.05) is 6.07 Å². The van der Waals surface area contributed by atoms with Crippen LogP contribution < -0.4 is 4.74 Å². The van der Waals surface area contributed by atoms with Crippen LogP contribution in [0.25, 0.3) is 0 Å². The van der Waals surface area contributed by atoms with Crippen LogP contribution in [-0.2, 0) is 0 Å². The maximum Gasteiger partial charge on any atom is 0.181 e. The van der Waals surface area contributed by atoms with Crippen LogP contribution in [-0.4, -0.2) is 6.10 Å². The van der Waals surface area contributed by atoms with Crippen molar-refractivity contribution in [1.82, 2.24) is 0 Å². The van der Waals surface area contributed by atoms with Crippen molar-refractivity contribution in [3.8, 4) is 17.9 Å². The van der Waals surface area contributed by atoms with Crippen LogP contribution in [0.2, 0.25) is 0 Å². The molecular weight excluding hydrogens is 176 g/mol. The van der Waals surface area contributed by atoms with Gasteiger partial charge in [0, 0.05) is 0 Å². The summed E-state index contributed by atoms with van der Waals surface area (Å²) in [6, 6.07) is 9.16. The molecular formula is C11H10N2O. The molecule has 0 saturated carbocycles. The van der Waals surface area contributed by atoms with Crippen LogP contribution in [0.5, 0.6) is 5.75 Å². The number of nitrogens with zero attached hydrogens (tertiary/aromatic N) is 2. The molecule has 0 aliphatic rings. The molecule has 1 aromatic carbocycles. The number of hydrogen-bond acceptors (Lipinski definition) is 3. The summed E-state index contributed by atoms with van der Waals surface area (Å²) < 4.78 is 5.32. The number of nitriles is 2. The van der Waals surface area contributed by atoms with E-state index < -0.39 is 6.10 Å². The summed E-state index contributed by atoms with van der Waals surface area (Å²) in [4.78, 5) is 0. The molecule has 0 aliphatic heterocycles. The summed E-state index contributed by atoms with van der Waals surface area (Å²) in [5.41, 5.74) is 1.46. The van der Waals surface area contributed by atoms with Crippen LogP contribution in [0.3, 0.4) is 0 Å². The molecule has 0 saturated heterocycles. The minimum atomic E-state index is -0.498. The van der Waals surface area contributed by atoms with Crippen LogP contribution >= 0.6 is 0 Å². The highest BCUT2D eigenvalue weighted by molar-refractivity contribution is 5.42. The standard InChI is InChI=1S/C11H10N2O/c1-8-3-4-10(7-13)5-11(8)14-9(2)6-12/h3-5,9H,1-2H3. The van der Waals surface area contributed by atoms with E-state index in [0.717, 1.165) is 5.56 Å². The predicted octanol–water partition coefficient (Wildman–Crippen LogP) is 2.16. The molecule has 1 unspecified atom stereocenters. The van der Waals surface area contributed by atoms with Gasteiger partial charge in [0.25, 0.3) is 0 Å². The van der Waals surface area contributed by atoms with Gasteiger partial charge < -0.3 is 4.74 Å². The smallest absolute Gasteiger partial charge is 0.181 e. The molecule has 14 heavy (non-hydrogen) atoms. The van der Waals surface area contributed by atoms with Crippen molar-refractivity contribution < 1.29 is 4.74 Å². The second-order valence-electron chi connectivity index (χ2n) is 2.98. The lowest BCUT2D eigenvalue weighted by molar-refractivity contribution is 0.274. The second kappa shape index (κ2) is 4.30. The zero-order chi connectivity index (χ0) is 10.6. The highest BCUT2D eigenvalue weighted by Crippen LogP contribution is 2.20. The van der Waals surface area contributed by atoms with Crippen molar-refractivity contribution in [2.75, 3.05) is 0 Å². The number of ether oxygens (including phenoxy) is 1. The van der Waals surface area contributed by atoms with E-state index in [4.69, 9.17) is 15.3 Å². The predicted molar refractivity (Wildman–Crippen MR) is 51.6 cm³/mol. The lowest BCUT2D eigenvalue weighted by atomic mass is 10.1. The quantitative estimate of drug-likeness (QED) is 0.711. The van der Waals surface area contributed by atoms with E-state index in [-0.39, 0.29) is 0 Å². The van der Waals surface area contributed by atoms with Gasteiger partial charge in [-0.25, -0.2) is 0 Å². The first-order chi connectivity index (χ1) is 6.67. The first kappa shape index (κ1) is 10.1. The van der Waals surface area contributed by atoms with E-state index in [0.29, 0.717) is 11.3 Å². The Balaban J connectivity index is 2.97. The largest absolute Gasteiger partial charge is 0.476 e. The van der Waals surface area contributed by atoms with Crippen molar-refractivity contribution in [1.29, 1.82) is 10.5 Å². The SMILES string of the molecule is Cc1ccc(C#N)cc1OC(C)C#N. The molecule has 1 rings (SSSR count). The van der Waals surface area contributed by atoms with Crippen LogP contribution in [0, 0.1) is 29.6 Å². The van der Waals surface area contributed by atoms with Gasteiger partial charge in [0.2, 0.25) is 0 Å². The lowest BCUT2D eigenvalue weighted by Gasteiger charge is -2.10. The highest BCUT2D eigenvalue weighted by atomic mass is 16.5. The van der Waals surface area contributed by atoms with Gasteiger partial charge in [-0.05, 0) is 31.5 Å². The van der Waals surface area contributed by atoms with Gasteiger partial charge in [-0.15, -0.1) is 0 Å². The second-order valence-corrected chi connectivity index (χ2v) is 2.98. The van der Waals surface area contributed by atoms with Gasteiger partial charge in [0.05, 0.1) is 11.6 Å². The Kier molecular flexibility index (Phi) is 3.09. The molecule has 0 fully saturated rings. The average Bonchev–Trinajstić information content (AvgIpc) is 2.21. The van der Waals surface area contributed by atoms with Crippen LogP contribution in [0.1, 0.15) is 18.1 Å². The Labute approximate surface area is 83.2 Å². The zero-order valence-corrected chi connectivity index (χ0v) is 8.11. The van der Waals surface area contributed by atoms with E-state index in [1.54, 1.807) is 25.1 Å².